The number of ether oxygens (including phenoxy) is 1. The van der Waals surface area contributed by atoms with Crippen molar-refractivity contribution in [3.05, 3.63) is 77.9 Å². The van der Waals surface area contributed by atoms with Crippen LogP contribution in [0, 0.1) is 0 Å². The highest BCUT2D eigenvalue weighted by Gasteiger charge is 2.13. The molecule has 1 heterocycles. The zero-order chi connectivity index (χ0) is 33.2. The summed E-state index contributed by atoms with van der Waals surface area (Å²) in [5.41, 5.74) is 4.77. The number of aliphatic hydroxyl groups is 1. The third kappa shape index (κ3) is 12.1. The molecule has 0 saturated carbocycles. The van der Waals surface area contributed by atoms with Crippen molar-refractivity contribution in [2.75, 3.05) is 87.5 Å². The first-order valence-corrected chi connectivity index (χ1v) is 15.2. The Morgan fingerprint density at radius 1 is 0.911 bits per heavy atom. The number of quaternary nitrogens is 2. The summed E-state index contributed by atoms with van der Waals surface area (Å²) in [5.74, 6) is -0.130. The average molecular weight is 622 g/mol. The number of benzene rings is 3. The van der Waals surface area contributed by atoms with E-state index in [0.717, 1.165) is 50.9 Å². The molecule has 0 spiro atoms. The third-order valence-corrected chi connectivity index (χ3v) is 7.03. The van der Waals surface area contributed by atoms with Gasteiger partial charge in [0.2, 0.25) is 0 Å². The maximum atomic E-state index is 11.8. The van der Waals surface area contributed by atoms with Gasteiger partial charge in [0.05, 0.1) is 54.4 Å². The van der Waals surface area contributed by atoms with Crippen LogP contribution in [0.15, 0.2) is 66.7 Å². The summed E-state index contributed by atoms with van der Waals surface area (Å²) in [7, 11) is 16.5. The van der Waals surface area contributed by atoms with Crippen LogP contribution in [0.1, 0.15) is 22.3 Å². The van der Waals surface area contributed by atoms with Gasteiger partial charge in [-0.25, -0.2) is 4.79 Å². The Morgan fingerprint density at radius 2 is 1.51 bits per heavy atom. The number of rotatable bonds is 13. The Morgan fingerprint density at radius 3 is 2.07 bits per heavy atom. The molecule has 1 aromatic heterocycles. The molecule has 11 heteroatoms. The first kappa shape index (κ1) is 35.4. The summed E-state index contributed by atoms with van der Waals surface area (Å²) in [6, 6.07) is 20.4. The number of fused-ring (bicyclic) bond motifs is 1. The molecule has 0 radical (unpaired) electrons. The number of nitrogens with one attached hydrogen (secondary N) is 1. The van der Waals surface area contributed by atoms with Crippen LogP contribution in [0.25, 0.3) is 16.7 Å². The van der Waals surface area contributed by atoms with Gasteiger partial charge >= 0.3 is 5.97 Å². The van der Waals surface area contributed by atoms with Gasteiger partial charge in [0.25, 0.3) is 0 Å². The van der Waals surface area contributed by atoms with E-state index in [0.29, 0.717) is 30.7 Å². The van der Waals surface area contributed by atoms with Crippen LogP contribution in [0.2, 0.25) is 0 Å². The molecule has 244 valence electrons. The topological polar surface area (TPSA) is 113 Å². The van der Waals surface area contributed by atoms with Gasteiger partial charge in [0.1, 0.15) is 41.8 Å². The summed E-state index contributed by atoms with van der Waals surface area (Å²) in [6.07, 6.45) is 0.724. The zero-order valence-corrected chi connectivity index (χ0v) is 28.1. The quantitative estimate of drug-likeness (QED) is 0.119. The number of aromatic hydroxyl groups is 1. The molecule has 0 bridgehead atoms. The number of phenols is 1. The molecule has 1 atom stereocenters. The number of phenolic OH excluding ortho intramolecular Hbond substituents is 1. The minimum atomic E-state index is -0.556. The molecule has 0 amide bonds. The van der Waals surface area contributed by atoms with E-state index < -0.39 is 6.23 Å². The monoisotopic (exact) mass is 621 g/mol. The fourth-order valence-corrected chi connectivity index (χ4v) is 4.22. The smallest absolute Gasteiger partial charge is 0.338 e. The molecule has 1 unspecified atom stereocenters. The molecule has 4 aromatic rings. The number of hydrogen-bond acceptors (Lipinski definition) is 8. The minimum absolute atomic E-state index is 0.126. The highest BCUT2D eigenvalue weighted by Crippen LogP contribution is 2.24. The van der Waals surface area contributed by atoms with Crippen molar-refractivity contribution in [3.63, 3.8) is 0 Å². The van der Waals surface area contributed by atoms with Crippen molar-refractivity contribution in [2.45, 2.75) is 19.1 Å². The fraction of sp³-hybridized carbons (Fsp3) is 0.441. The van der Waals surface area contributed by atoms with Gasteiger partial charge in [-0.15, -0.1) is 15.0 Å². The second kappa shape index (κ2) is 15.8. The number of nitrogens with zero attached hydrogens (tertiary/aromatic N) is 6. The second-order valence-corrected chi connectivity index (χ2v) is 13.4. The molecule has 3 N–H and O–H groups in total. The van der Waals surface area contributed by atoms with Gasteiger partial charge in [-0.1, -0.05) is 18.2 Å². The number of aliphatic hydroxyl groups excluding tert-OH is 1. The number of esters is 1. The number of likely N-dealkylation sites (N-methyl/N-ethyl adjacent to an activating group) is 2. The predicted molar refractivity (Wildman–Crippen MR) is 180 cm³/mol. The van der Waals surface area contributed by atoms with E-state index in [4.69, 9.17) is 4.74 Å². The number of aromatic nitrogens is 3. The normalized spacial score (nSPS) is 12.4. The lowest BCUT2D eigenvalue weighted by molar-refractivity contribution is -0.870. The van der Waals surface area contributed by atoms with E-state index >= 15 is 0 Å². The standard InChI is InChI=1S/C20H27N5O2.C14H23N2O2/c1-25(2,3)13-12-21-20(27)11-9-15-8-10-19(26)18(14-15)24-22-16-6-4-5-7-17(16)23-24;1-15(2)13-8-6-12(7-9-13)14(17)18-11-10-16(3,4)5/h4-8,10,14,20-21,27H,9,11-13H2,1-3H3;6-9H,10-11H2,1-5H3/q;+1/p+1. The Hall–Kier alpha value is -4.03. The lowest BCUT2D eigenvalue weighted by Gasteiger charge is -2.24. The molecule has 0 aliphatic rings. The Labute approximate surface area is 267 Å². The van der Waals surface area contributed by atoms with Crippen molar-refractivity contribution in [3.8, 4) is 11.4 Å². The Kier molecular flexibility index (Phi) is 12.5. The molecule has 0 fully saturated rings. The first-order chi connectivity index (χ1) is 21.1. The zero-order valence-electron chi connectivity index (χ0n) is 28.1. The van der Waals surface area contributed by atoms with Crippen LogP contribution in [0.4, 0.5) is 5.69 Å². The molecular weight excluding hydrogens is 570 g/mol. The number of aryl methyl sites for hydroxylation is 1. The van der Waals surface area contributed by atoms with E-state index in [1.165, 1.54) is 4.80 Å². The summed E-state index contributed by atoms with van der Waals surface area (Å²) >= 11 is 0. The second-order valence-electron chi connectivity index (χ2n) is 13.4. The molecule has 4 rings (SSSR count). The van der Waals surface area contributed by atoms with Gasteiger partial charge in [-0.3, -0.25) is 5.32 Å². The summed E-state index contributed by atoms with van der Waals surface area (Å²) in [5, 5.41) is 32.4. The number of hydrogen-bond donors (Lipinski definition) is 3. The van der Waals surface area contributed by atoms with E-state index in [2.05, 4.69) is 57.8 Å². The molecule has 11 nitrogen and oxygen atoms in total. The third-order valence-electron chi connectivity index (χ3n) is 7.03. The number of carbonyl (C=O) groups is 1. The van der Waals surface area contributed by atoms with Gasteiger partial charge in [-0.05, 0) is 66.9 Å². The minimum Gasteiger partial charge on any atom is -0.506 e. The molecule has 0 aliphatic heterocycles. The molecule has 0 saturated heterocycles. The number of anilines is 1. The number of carbonyl (C=O) groups excluding carboxylic acids is 1. The van der Waals surface area contributed by atoms with Crippen LogP contribution in [-0.2, 0) is 11.2 Å². The van der Waals surface area contributed by atoms with Crippen molar-refractivity contribution in [1.29, 1.82) is 0 Å². The highest BCUT2D eigenvalue weighted by atomic mass is 16.5. The van der Waals surface area contributed by atoms with Crippen LogP contribution in [0.5, 0.6) is 5.75 Å². The van der Waals surface area contributed by atoms with Crippen molar-refractivity contribution in [1.82, 2.24) is 20.3 Å². The SMILES string of the molecule is CN(C)c1ccc(C(=O)OCC[N+](C)(C)C)cc1.C[N+](C)(C)CCNC(O)CCc1ccc(O)c(-n2nc3ccccc3n2)c1. The summed E-state index contributed by atoms with van der Waals surface area (Å²) < 4.78 is 6.87. The van der Waals surface area contributed by atoms with Crippen molar-refractivity contribution in [2.24, 2.45) is 0 Å². The molecule has 3 aromatic carbocycles. The lowest BCUT2D eigenvalue weighted by atomic mass is 10.1. The van der Waals surface area contributed by atoms with Crippen molar-refractivity contribution >= 4 is 22.7 Å². The Bertz CT molecular complexity index is 1470. The lowest BCUT2D eigenvalue weighted by Crippen LogP contribution is -2.43. The largest absolute Gasteiger partial charge is 0.506 e. The molecule has 45 heavy (non-hydrogen) atoms. The first-order valence-electron chi connectivity index (χ1n) is 15.2. The van der Waals surface area contributed by atoms with Crippen molar-refractivity contribution < 1.29 is 28.7 Å². The van der Waals surface area contributed by atoms with Crippen LogP contribution >= 0.6 is 0 Å². The molecule has 0 aliphatic carbocycles. The van der Waals surface area contributed by atoms with Gasteiger partial charge in [0, 0.05) is 26.3 Å². The van der Waals surface area contributed by atoms with Crippen LogP contribution in [0.3, 0.4) is 0 Å². The van der Waals surface area contributed by atoms with Gasteiger partial charge in [-0.2, -0.15) is 0 Å². The van der Waals surface area contributed by atoms with Crippen LogP contribution in [-0.4, -0.2) is 129 Å². The predicted octanol–water partition coefficient (Wildman–Crippen LogP) is 3.29. The van der Waals surface area contributed by atoms with E-state index in [1.807, 2.05) is 67.5 Å². The highest BCUT2D eigenvalue weighted by molar-refractivity contribution is 5.89. The summed E-state index contributed by atoms with van der Waals surface area (Å²) in [4.78, 5) is 15.2. The Balaban J connectivity index is 0.000000268. The average Bonchev–Trinajstić information content (AvgIpc) is 3.40. The maximum Gasteiger partial charge on any atom is 0.338 e. The maximum absolute atomic E-state index is 11.8. The van der Waals surface area contributed by atoms with E-state index in [1.54, 1.807) is 18.2 Å². The van der Waals surface area contributed by atoms with Gasteiger partial charge in [0.15, 0.2) is 0 Å². The van der Waals surface area contributed by atoms with Crippen LogP contribution < -0.4 is 10.2 Å². The van der Waals surface area contributed by atoms with Gasteiger partial charge < -0.3 is 28.8 Å². The van der Waals surface area contributed by atoms with E-state index in [9.17, 15) is 15.0 Å². The summed E-state index contributed by atoms with van der Waals surface area (Å²) in [6.45, 7) is 2.95. The molecular formula is C34H51N7O4+2. The fourth-order valence-electron chi connectivity index (χ4n) is 4.22. The van der Waals surface area contributed by atoms with E-state index in [-0.39, 0.29) is 11.7 Å².